The van der Waals surface area contributed by atoms with Crippen molar-refractivity contribution >= 4 is 17.4 Å². The van der Waals surface area contributed by atoms with Gasteiger partial charge in [-0.3, -0.25) is 9.59 Å². The Balaban J connectivity index is 1.91. The van der Waals surface area contributed by atoms with Crippen LogP contribution in [0.4, 0.5) is 5.69 Å². The van der Waals surface area contributed by atoms with Crippen LogP contribution in [0.15, 0.2) is 36.0 Å². The van der Waals surface area contributed by atoms with E-state index in [-0.39, 0.29) is 17.5 Å². The first-order valence-corrected chi connectivity index (χ1v) is 7.47. The number of nitriles is 1. The lowest BCUT2D eigenvalue weighted by atomic mass is 10.1. The van der Waals surface area contributed by atoms with Crippen molar-refractivity contribution in [3.8, 4) is 6.07 Å². The molecule has 1 aliphatic heterocycles. The average Bonchev–Trinajstić information content (AvgIpc) is 3.07. The molecule has 1 heterocycles. The van der Waals surface area contributed by atoms with Gasteiger partial charge in [0.2, 0.25) is 0 Å². The highest BCUT2D eigenvalue weighted by Crippen LogP contribution is 2.12. The highest BCUT2D eigenvalue weighted by Gasteiger charge is 2.17. The molecule has 1 atom stereocenters. The van der Waals surface area contributed by atoms with Gasteiger partial charge in [0.15, 0.2) is 5.78 Å². The van der Waals surface area contributed by atoms with Crippen molar-refractivity contribution in [2.45, 2.75) is 25.9 Å². The van der Waals surface area contributed by atoms with Gasteiger partial charge in [-0.25, -0.2) is 0 Å². The van der Waals surface area contributed by atoms with E-state index >= 15 is 0 Å². The molecule has 1 saturated heterocycles. The first-order valence-electron chi connectivity index (χ1n) is 7.47. The summed E-state index contributed by atoms with van der Waals surface area (Å²) in [6, 6.07) is 8.66. The standard InChI is InChI=1S/C17H19N3O3/c1-12(21)13-4-6-15(7-5-13)19-10-14(9-18)17(22)20-11-16-3-2-8-23-16/h4-7,10,16,19H,2-3,8,11H2,1H3,(H,20,22)/b14-10-. The maximum absolute atomic E-state index is 12.0. The van der Waals surface area contributed by atoms with E-state index in [4.69, 9.17) is 10.00 Å². The van der Waals surface area contributed by atoms with Gasteiger partial charge in [-0.1, -0.05) is 0 Å². The van der Waals surface area contributed by atoms with Gasteiger partial charge >= 0.3 is 0 Å². The normalized spacial score (nSPS) is 17.4. The van der Waals surface area contributed by atoms with Crippen molar-refractivity contribution in [1.82, 2.24) is 5.32 Å². The van der Waals surface area contributed by atoms with E-state index in [2.05, 4.69) is 10.6 Å². The Hall–Kier alpha value is -2.65. The van der Waals surface area contributed by atoms with Crippen LogP contribution in [0.2, 0.25) is 0 Å². The fraction of sp³-hybridized carbons (Fsp3) is 0.353. The number of nitrogens with one attached hydrogen (secondary N) is 2. The summed E-state index contributed by atoms with van der Waals surface area (Å²) in [4.78, 5) is 23.2. The van der Waals surface area contributed by atoms with Crippen molar-refractivity contribution in [1.29, 1.82) is 5.26 Å². The molecule has 0 radical (unpaired) electrons. The zero-order valence-electron chi connectivity index (χ0n) is 13.0. The summed E-state index contributed by atoms with van der Waals surface area (Å²) in [5, 5.41) is 14.7. The van der Waals surface area contributed by atoms with Crippen LogP contribution >= 0.6 is 0 Å². The number of Topliss-reactive ketones (excluding diaryl/α,β-unsaturated/α-hetero) is 1. The van der Waals surface area contributed by atoms with Crippen LogP contribution in [0.25, 0.3) is 0 Å². The van der Waals surface area contributed by atoms with Crippen LogP contribution < -0.4 is 10.6 Å². The summed E-state index contributed by atoms with van der Waals surface area (Å²) < 4.78 is 5.42. The predicted molar refractivity (Wildman–Crippen MR) is 85.7 cm³/mol. The fourth-order valence-corrected chi connectivity index (χ4v) is 2.21. The molecule has 0 bridgehead atoms. The predicted octanol–water partition coefficient (Wildman–Crippen LogP) is 2.00. The number of carbonyl (C=O) groups excluding carboxylic acids is 2. The molecule has 6 heteroatoms. The number of hydrogen-bond acceptors (Lipinski definition) is 5. The maximum Gasteiger partial charge on any atom is 0.263 e. The number of anilines is 1. The number of nitrogens with zero attached hydrogens (tertiary/aromatic N) is 1. The van der Waals surface area contributed by atoms with Gasteiger partial charge in [-0.2, -0.15) is 5.26 Å². The number of ether oxygens (including phenoxy) is 1. The van der Waals surface area contributed by atoms with Crippen molar-refractivity contribution in [3.63, 3.8) is 0 Å². The van der Waals surface area contributed by atoms with E-state index in [1.165, 1.54) is 13.1 Å². The van der Waals surface area contributed by atoms with Crippen LogP contribution in [-0.4, -0.2) is 30.9 Å². The Kier molecular flexibility index (Phi) is 5.89. The lowest BCUT2D eigenvalue weighted by Gasteiger charge is -2.10. The molecule has 1 aromatic rings. The monoisotopic (exact) mass is 313 g/mol. The van der Waals surface area contributed by atoms with E-state index in [0.717, 1.165) is 19.4 Å². The van der Waals surface area contributed by atoms with Crippen LogP contribution in [0, 0.1) is 11.3 Å². The molecule has 120 valence electrons. The number of rotatable bonds is 6. The summed E-state index contributed by atoms with van der Waals surface area (Å²) in [5.41, 5.74) is 1.28. The first-order chi connectivity index (χ1) is 11.1. The highest BCUT2D eigenvalue weighted by molar-refractivity contribution is 5.97. The second-order valence-electron chi connectivity index (χ2n) is 5.29. The van der Waals surface area contributed by atoms with Gasteiger partial charge in [0, 0.05) is 30.6 Å². The van der Waals surface area contributed by atoms with Crippen LogP contribution in [0.3, 0.4) is 0 Å². The molecule has 1 fully saturated rings. The topological polar surface area (TPSA) is 91.2 Å². The number of benzene rings is 1. The number of carbonyl (C=O) groups is 2. The zero-order valence-corrected chi connectivity index (χ0v) is 13.0. The van der Waals surface area contributed by atoms with E-state index in [0.29, 0.717) is 17.8 Å². The minimum atomic E-state index is -0.434. The van der Waals surface area contributed by atoms with Crippen LogP contribution in [0.5, 0.6) is 0 Å². The second-order valence-corrected chi connectivity index (χ2v) is 5.29. The number of ketones is 1. The fourth-order valence-electron chi connectivity index (χ4n) is 2.21. The van der Waals surface area contributed by atoms with Crippen molar-refractivity contribution < 1.29 is 14.3 Å². The summed E-state index contributed by atoms with van der Waals surface area (Å²) in [6.07, 6.45) is 3.31. The third-order valence-electron chi connectivity index (χ3n) is 3.55. The molecule has 1 unspecified atom stereocenters. The number of amides is 1. The SMILES string of the molecule is CC(=O)c1ccc(N/C=C(/C#N)C(=O)NCC2CCCO2)cc1. The third kappa shape index (κ3) is 4.94. The maximum atomic E-state index is 12.0. The van der Waals surface area contributed by atoms with Crippen molar-refractivity contribution in [2.24, 2.45) is 0 Å². The average molecular weight is 313 g/mol. The second kappa shape index (κ2) is 8.11. The molecule has 0 saturated carbocycles. The third-order valence-corrected chi connectivity index (χ3v) is 3.55. The van der Waals surface area contributed by atoms with Gasteiger partial charge in [-0.15, -0.1) is 0 Å². The molecule has 6 nitrogen and oxygen atoms in total. The van der Waals surface area contributed by atoms with Gasteiger partial charge < -0.3 is 15.4 Å². The molecule has 2 N–H and O–H groups in total. The van der Waals surface area contributed by atoms with E-state index < -0.39 is 5.91 Å². The van der Waals surface area contributed by atoms with E-state index in [1.54, 1.807) is 24.3 Å². The van der Waals surface area contributed by atoms with Gasteiger partial charge in [0.1, 0.15) is 11.6 Å². The number of hydrogen-bond donors (Lipinski definition) is 2. The van der Waals surface area contributed by atoms with E-state index in [9.17, 15) is 9.59 Å². The summed E-state index contributed by atoms with van der Waals surface area (Å²) in [7, 11) is 0. The molecule has 1 amide bonds. The molecule has 0 aliphatic carbocycles. The molecule has 2 rings (SSSR count). The molecule has 0 aromatic heterocycles. The lowest BCUT2D eigenvalue weighted by Crippen LogP contribution is -2.32. The molecule has 1 aromatic carbocycles. The van der Waals surface area contributed by atoms with Crippen LogP contribution in [-0.2, 0) is 9.53 Å². The summed E-state index contributed by atoms with van der Waals surface area (Å²) in [5.74, 6) is -0.450. The quantitative estimate of drug-likeness (QED) is 0.476. The van der Waals surface area contributed by atoms with Gasteiger partial charge in [0.05, 0.1) is 6.10 Å². The van der Waals surface area contributed by atoms with Crippen molar-refractivity contribution in [2.75, 3.05) is 18.5 Å². The first kappa shape index (κ1) is 16.7. The Labute approximate surface area is 135 Å². The smallest absolute Gasteiger partial charge is 0.263 e. The highest BCUT2D eigenvalue weighted by atomic mass is 16.5. The Morgan fingerprint density at radius 1 is 1.39 bits per heavy atom. The Morgan fingerprint density at radius 2 is 2.13 bits per heavy atom. The lowest BCUT2D eigenvalue weighted by molar-refractivity contribution is -0.117. The molecule has 0 spiro atoms. The Bertz CT molecular complexity index is 638. The minimum absolute atomic E-state index is 0.0151. The van der Waals surface area contributed by atoms with Gasteiger partial charge in [0.25, 0.3) is 5.91 Å². The largest absolute Gasteiger partial charge is 0.376 e. The molecular formula is C17H19N3O3. The zero-order chi connectivity index (χ0) is 16.7. The van der Waals surface area contributed by atoms with Crippen molar-refractivity contribution in [3.05, 3.63) is 41.6 Å². The van der Waals surface area contributed by atoms with Crippen LogP contribution in [0.1, 0.15) is 30.1 Å². The molecule has 23 heavy (non-hydrogen) atoms. The Morgan fingerprint density at radius 3 is 2.70 bits per heavy atom. The minimum Gasteiger partial charge on any atom is -0.376 e. The van der Waals surface area contributed by atoms with E-state index in [1.807, 2.05) is 6.07 Å². The summed E-state index contributed by atoms with van der Waals surface area (Å²) in [6.45, 7) is 2.62. The molecule has 1 aliphatic rings. The van der Waals surface area contributed by atoms with Gasteiger partial charge in [-0.05, 0) is 44.0 Å². The molecular weight excluding hydrogens is 294 g/mol. The summed E-state index contributed by atoms with van der Waals surface area (Å²) >= 11 is 0.